The van der Waals surface area contributed by atoms with Gasteiger partial charge in [0.2, 0.25) is 0 Å². The van der Waals surface area contributed by atoms with Gasteiger partial charge in [-0.1, -0.05) is 0 Å². The molecule has 112 valence electrons. The first-order chi connectivity index (χ1) is 10.2. The molecule has 3 heterocycles. The maximum absolute atomic E-state index is 11.6. The van der Waals surface area contributed by atoms with E-state index >= 15 is 0 Å². The Hall–Kier alpha value is -1.88. The largest absolute Gasteiger partial charge is 0.465 e. The van der Waals surface area contributed by atoms with E-state index in [2.05, 4.69) is 21.3 Å². The normalized spacial score (nSPS) is 17.2. The molecule has 2 aromatic heterocycles. The zero-order valence-corrected chi connectivity index (χ0v) is 12.6. The van der Waals surface area contributed by atoms with Crippen LogP contribution in [0, 0.1) is 5.92 Å². The molecule has 1 fully saturated rings. The van der Waals surface area contributed by atoms with Gasteiger partial charge in [-0.25, -0.2) is 9.78 Å². The second kappa shape index (κ2) is 5.85. The number of pyridine rings is 1. The molecular formula is C16H21N3O2. The Morgan fingerprint density at radius 1 is 1.43 bits per heavy atom. The number of likely N-dealkylation sites (tertiary alicyclic amines) is 1. The van der Waals surface area contributed by atoms with Crippen molar-refractivity contribution in [1.82, 2.24) is 14.3 Å². The molecule has 1 saturated heterocycles. The second-order valence-corrected chi connectivity index (χ2v) is 5.83. The number of imidazole rings is 1. The Morgan fingerprint density at radius 2 is 2.19 bits per heavy atom. The lowest BCUT2D eigenvalue weighted by Gasteiger charge is -2.28. The molecule has 0 spiro atoms. The van der Waals surface area contributed by atoms with E-state index in [1.54, 1.807) is 6.07 Å². The van der Waals surface area contributed by atoms with Crippen molar-refractivity contribution in [3.8, 4) is 0 Å². The fraction of sp³-hybridized carbons (Fsp3) is 0.500. The van der Waals surface area contributed by atoms with Crippen LogP contribution in [0.15, 0.2) is 24.5 Å². The Labute approximate surface area is 124 Å². The standard InChI is InChI=1S/C16H21N3O2/c1-18-6-3-12(4-7-18)9-15-17-11-14-10-13(16(20)21-2)5-8-19(14)15/h5,8,10-12H,3-4,6-7,9H2,1-2H3. The van der Waals surface area contributed by atoms with Crippen LogP contribution in [-0.4, -0.2) is 47.5 Å². The smallest absolute Gasteiger partial charge is 0.337 e. The van der Waals surface area contributed by atoms with Crippen LogP contribution < -0.4 is 0 Å². The van der Waals surface area contributed by atoms with Crippen molar-refractivity contribution in [3.05, 3.63) is 35.9 Å². The Kier molecular flexibility index (Phi) is 3.92. The molecule has 21 heavy (non-hydrogen) atoms. The molecule has 0 radical (unpaired) electrons. The number of hydrogen-bond acceptors (Lipinski definition) is 4. The first-order valence-corrected chi connectivity index (χ1v) is 7.40. The molecule has 0 N–H and O–H groups in total. The van der Waals surface area contributed by atoms with E-state index < -0.39 is 0 Å². The quantitative estimate of drug-likeness (QED) is 0.810. The molecule has 0 amide bonds. The number of ether oxygens (including phenoxy) is 1. The van der Waals surface area contributed by atoms with Gasteiger partial charge < -0.3 is 14.0 Å². The zero-order valence-electron chi connectivity index (χ0n) is 12.6. The average molecular weight is 287 g/mol. The molecule has 0 aromatic carbocycles. The predicted octanol–water partition coefficient (Wildman–Crippen LogP) is 2.01. The number of methoxy groups -OCH3 is 1. The maximum atomic E-state index is 11.6. The molecule has 1 aliphatic heterocycles. The molecule has 5 nitrogen and oxygen atoms in total. The third-order valence-electron chi connectivity index (χ3n) is 4.34. The summed E-state index contributed by atoms with van der Waals surface area (Å²) in [4.78, 5) is 18.5. The van der Waals surface area contributed by atoms with Crippen LogP contribution in [0.2, 0.25) is 0 Å². The van der Waals surface area contributed by atoms with Gasteiger partial charge in [-0.05, 0) is 51.0 Å². The lowest BCUT2D eigenvalue weighted by molar-refractivity contribution is 0.0600. The fourth-order valence-electron chi connectivity index (χ4n) is 2.98. The van der Waals surface area contributed by atoms with Gasteiger partial charge in [0.05, 0.1) is 24.4 Å². The molecule has 1 aliphatic rings. The van der Waals surface area contributed by atoms with Crippen molar-refractivity contribution >= 4 is 11.5 Å². The van der Waals surface area contributed by atoms with Crippen molar-refractivity contribution in [2.75, 3.05) is 27.2 Å². The van der Waals surface area contributed by atoms with Gasteiger partial charge in [0.1, 0.15) is 5.82 Å². The van der Waals surface area contributed by atoms with E-state index in [-0.39, 0.29) is 5.97 Å². The molecule has 0 saturated carbocycles. The van der Waals surface area contributed by atoms with Gasteiger partial charge in [0.15, 0.2) is 0 Å². The molecule has 0 bridgehead atoms. The second-order valence-electron chi connectivity index (χ2n) is 5.83. The summed E-state index contributed by atoms with van der Waals surface area (Å²) in [5.74, 6) is 1.47. The minimum absolute atomic E-state index is 0.310. The molecule has 2 aromatic rings. The van der Waals surface area contributed by atoms with Crippen LogP contribution in [0.4, 0.5) is 0 Å². The monoisotopic (exact) mass is 287 g/mol. The van der Waals surface area contributed by atoms with Gasteiger partial charge in [-0.2, -0.15) is 0 Å². The SMILES string of the molecule is COC(=O)c1ccn2c(CC3CCN(C)CC3)ncc2c1. The van der Waals surface area contributed by atoms with Crippen LogP contribution in [0.3, 0.4) is 0 Å². The number of esters is 1. The van der Waals surface area contributed by atoms with Crippen LogP contribution >= 0.6 is 0 Å². The van der Waals surface area contributed by atoms with Crippen molar-refractivity contribution in [2.24, 2.45) is 5.92 Å². The number of carbonyl (C=O) groups is 1. The molecule has 5 heteroatoms. The van der Waals surface area contributed by atoms with Gasteiger partial charge in [0, 0.05) is 12.6 Å². The third kappa shape index (κ3) is 2.93. The number of carbonyl (C=O) groups excluding carboxylic acids is 1. The van der Waals surface area contributed by atoms with Gasteiger partial charge in [-0.15, -0.1) is 0 Å². The minimum atomic E-state index is -0.310. The van der Waals surface area contributed by atoms with Crippen LogP contribution in [0.5, 0.6) is 0 Å². The van der Waals surface area contributed by atoms with E-state index in [4.69, 9.17) is 4.74 Å². The van der Waals surface area contributed by atoms with Crippen LogP contribution in [-0.2, 0) is 11.2 Å². The molecule has 0 aliphatic carbocycles. The van der Waals surface area contributed by atoms with Crippen molar-refractivity contribution in [1.29, 1.82) is 0 Å². The number of hydrogen-bond donors (Lipinski definition) is 0. The molecular weight excluding hydrogens is 266 g/mol. The summed E-state index contributed by atoms with van der Waals surface area (Å²) < 4.78 is 6.82. The van der Waals surface area contributed by atoms with E-state index in [1.807, 2.05) is 18.5 Å². The summed E-state index contributed by atoms with van der Waals surface area (Å²) in [7, 11) is 3.57. The lowest BCUT2D eigenvalue weighted by Crippen LogP contribution is -2.31. The van der Waals surface area contributed by atoms with Crippen molar-refractivity contribution in [2.45, 2.75) is 19.3 Å². The zero-order chi connectivity index (χ0) is 14.8. The molecule has 0 unspecified atom stereocenters. The van der Waals surface area contributed by atoms with Crippen molar-refractivity contribution < 1.29 is 9.53 Å². The number of rotatable bonds is 3. The first kappa shape index (κ1) is 14.1. The number of aromatic nitrogens is 2. The molecule has 0 atom stereocenters. The summed E-state index contributed by atoms with van der Waals surface area (Å²) in [5, 5.41) is 0. The summed E-state index contributed by atoms with van der Waals surface area (Å²) in [6.45, 7) is 2.33. The van der Waals surface area contributed by atoms with E-state index in [0.717, 1.165) is 17.8 Å². The maximum Gasteiger partial charge on any atom is 0.337 e. The summed E-state index contributed by atoms with van der Waals surface area (Å²) in [6, 6.07) is 3.62. The number of fused-ring (bicyclic) bond motifs is 1. The highest BCUT2D eigenvalue weighted by Gasteiger charge is 2.19. The average Bonchev–Trinajstić information content (AvgIpc) is 2.91. The minimum Gasteiger partial charge on any atom is -0.465 e. The highest BCUT2D eigenvalue weighted by atomic mass is 16.5. The summed E-state index contributed by atoms with van der Waals surface area (Å²) in [5.41, 5.74) is 1.51. The first-order valence-electron chi connectivity index (χ1n) is 7.40. The number of nitrogens with zero attached hydrogens (tertiary/aromatic N) is 3. The number of piperidine rings is 1. The van der Waals surface area contributed by atoms with Crippen LogP contribution in [0.1, 0.15) is 29.0 Å². The summed E-state index contributed by atoms with van der Waals surface area (Å²) in [6.07, 6.45) is 7.20. The van der Waals surface area contributed by atoms with E-state index in [9.17, 15) is 4.79 Å². The van der Waals surface area contributed by atoms with Crippen LogP contribution in [0.25, 0.3) is 5.52 Å². The van der Waals surface area contributed by atoms with Gasteiger partial charge >= 0.3 is 5.97 Å². The Bertz CT molecular complexity index is 642. The predicted molar refractivity (Wildman–Crippen MR) is 80.5 cm³/mol. The van der Waals surface area contributed by atoms with E-state index in [0.29, 0.717) is 11.5 Å². The van der Waals surface area contributed by atoms with Gasteiger partial charge in [-0.3, -0.25) is 0 Å². The lowest BCUT2D eigenvalue weighted by atomic mass is 9.93. The Morgan fingerprint density at radius 3 is 2.90 bits per heavy atom. The highest BCUT2D eigenvalue weighted by Crippen LogP contribution is 2.21. The highest BCUT2D eigenvalue weighted by molar-refractivity contribution is 5.90. The fourth-order valence-corrected chi connectivity index (χ4v) is 2.98. The molecule has 3 rings (SSSR count). The third-order valence-corrected chi connectivity index (χ3v) is 4.34. The van der Waals surface area contributed by atoms with Crippen molar-refractivity contribution in [3.63, 3.8) is 0 Å². The van der Waals surface area contributed by atoms with E-state index in [1.165, 1.54) is 33.0 Å². The topological polar surface area (TPSA) is 46.8 Å². The van der Waals surface area contributed by atoms with Gasteiger partial charge in [0.25, 0.3) is 0 Å². The summed E-state index contributed by atoms with van der Waals surface area (Å²) >= 11 is 0. The Balaban J connectivity index is 1.79.